The largest absolute Gasteiger partial charge is 0.383 e. The number of rotatable bonds is 4. The average Bonchev–Trinajstić information content (AvgIpc) is 2.95. The number of H-pyrrole nitrogens is 1. The van der Waals surface area contributed by atoms with Gasteiger partial charge in [-0.05, 0) is 25.7 Å². The third-order valence-corrected chi connectivity index (χ3v) is 2.45. The van der Waals surface area contributed by atoms with Gasteiger partial charge >= 0.3 is 0 Å². The molecule has 1 aromatic heterocycles. The molecule has 0 radical (unpaired) electrons. The van der Waals surface area contributed by atoms with Crippen LogP contribution in [-0.4, -0.2) is 16.6 Å². The van der Waals surface area contributed by atoms with Crippen molar-refractivity contribution in [1.82, 2.24) is 9.97 Å². The molecule has 2 rings (SSSR count). The first kappa shape index (κ1) is 10.2. The van der Waals surface area contributed by atoms with Crippen LogP contribution in [0.25, 0.3) is 0 Å². The number of hydrogen-bond donors (Lipinski definition) is 2. The number of hydrogen-bond acceptors (Lipinski definition) is 4. The highest BCUT2D eigenvalue weighted by Crippen LogP contribution is 2.41. The molecule has 1 fully saturated rings. The van der Waals surface area contributed by atoms with Gasteiger partial charge in [0.05, 0.1) is 0 Å². The van der Waals surface area contributed by atoms with E-state index in [0.717, 1.165) is 12.8 Å². The van der Waals surface area contributed by atoms with E-state index in [4.69, 9.17) is 10.5 Å². The number of aromatic nitrogens is 2. The molecule has 1 saturated carbocycles. The number of nitrogens with two attached hydrogens (primary N) is 1. The van der Waals surface area contributed by atoms with Crippen LogP contribution in [0.1, 0.15) is 31.7 Å². The van der Waals surface area contributed by atoms with Crippen LogP contribution in [0.3, 0.4) is 0 Å². The van der Waals surface area contributed by atoms with E-state index in [1.165, 1.54) is 6.07 Å². The number of nitrogens with one attached hydrogen (secondary N) is 1. The molecular weight excluding hydrogens is 194 g/mol. The molecule has 15 heavy (non-hydrogen) atoms. The lowest BCUT2D eigenvalue weighted by Crippen LogP contribution is -2.18. The summed E-state index contributed by atoms with van der Waals surface area (Å²) in [6.45, 7) is 2.54. The summed E-state index contributed by atoms with van der Waals surface area (Å²) < 4.78 is 5.57. The maximum atomic E-state index is 11.2. The monoisotopic (exact) mass is 209 g/mol. The van der Waals surface area contributed by atoms with Crippen LogP contribution < -0.4 is 11.3 Å². The Kier molecular flexibility index (Phi) is 2.73. The summed E-state index contributed by atoms with van der Waals surface area (Å²) in [6.07, 6.45) is 2.15. The second-order valence-corrected chi connectivity index (χ2v) is 3.77. The van der Waals surface area contributed by atoms with Crippen molar-refractivity contribution >= 4 is 5.82 Å². The van der Waals surface area contributed by atoms with Gasteiger partial charge in [-0.1, -0.05) is 0 Å². The molecule has 1 unspecified atom stereocenters. The topological polar surface area (TPSA) is 81.0 Å². The van der Waals surface area contributed by atoms with Gasteiger partial charge in [-0.2, -0.15) is 0 Å². The molecule has 1 heterocycles. The molecule has 1 aromatic rings. The summed E-state index contributed by atoms with van der Waals surface area (Å²) in [7, 11) is 0. The molecule has 5 nitrogen and oxygen atoms in total. The van der Waals surface area contributed by atoms with E-state index in [9.17, 15) is 4.79 Å². The first-order valence-corrected chi connectivity index (χ1v) is 5.19. The Labute approximate surface area is 87.7 Å². The SMILES string of the molecule is CCOC(c1nc(N)cc(=O)[nH]1)C1CC1. The maximum Gasteiger partial charge on any atom is 0.253 e. The Bertz CT molecular complexity index is 398. The smallest absolute Gasteiger partial charge is 0.253 e. The lowest BCUT2D eigenvalue weighted by atomic mass is 10.2. The molecule has 0 aliphatic heterocycles. The number of anilines is 1. The molecule has 82 valence electrons. The maximum absolute atomic E-state index is 11.2. The first-order valence-electron chi connectivity index (χ1n) is 5.19. The Balaban J connectivity index is 2.28. The van der Waals surface area contributed by atoms with Gasteiger partial charge in [0.25, 0.3) is 5.56 Å². The van der Waals surface area contributed by atoms with Gasteiger partial charge < -0.3 is 15.5 Å². The molecule has 0 saturated heterocycles. The molecule has 0 spiro atoms. The minimum atomic E-state index is -0.220. The summed E-state index contributed by atoms with van der Waals surface area (Å²) in [4.78, 5) is 18.0. The van der Waals surface area contributed by atoms with Crippen LogP contribution in [-0.2, 0) is 4.74 Å². The quantitative estimate of drug-likeness (QED) is 0.770. The number of nitrogens with zero attached hydrogens (tertiary/aromatic N) is 1. The highest BCUT2D eigenvalue weighted by Gasteiger charge is 2.34. The highest BCUT2D eigenvalue weighted by molar-refractivity contribution is 5.26. The number of ether oxygens (including phenoxy) is 1. The second-order valence-electron chi connectivity index (χ2n) is 3.77. The predicted molar refractivity (Wildman–Crippen MR) is 56.4 cm³/mol. The predicted octanol–water partition coefficient (Wildman–Crippen LogP) is 0.840. The van der Waals surface area contributed by atoms with Crippen molar-refractivity contribution in [3.05, 3.63) is 22.2 Å². The summed E-state index contributed by atoms with van der Waals surface area (Å²) in [6, 6.07) is 1.28. The van der Waals surface area contributed by atoms with Gasteiger partial charge in [-0.15, -0.1) is 0 Å². The molecule has 1 aliphatic carbocycles. The number of aromatic amines is 1. The summed E-state index contributed by atoms with van der Waals surface area (Å²) >= 11 is 0. The lowest BCUT2D eigenvalue weighted by molar-refractivity contribution is 0.0400. The molecule has 1 aliphatic rings. The summed E-state index contributed by atoms with van der Waals surface area (Å²) in [5.41, 5.74) is 5.31. The van der Waals surface area contributed by atoms with E-state index >= 15 is 0 Å². The molecule has 1 atom stereocenters. The van der Waals surface area contributed by atoms with Crippen molar-refractivity contribution < 1.29 is 4.74 Å². The zero-order valence-corrected chi connectivity index (χ0v) is 8.69. The van der Waals surface area contributed by atoms with Crippen molar-refractivity contribution in [1.29, 1.82) is 0 Å². The fraction of sp³-hybridized carbons (Fsp3) is 0.600. The standard InChI is InChI=1S/C10H15N3O2/c1-2-15-9(6-3-4-6)10-12-7(11)5-8(14)13-10/h5-6,9H,2-4H2,1H3,(H3,11,12,13,14). The van der Waals surface area contributed by atoms with Gasteiger partial charge in [-0.3, -0.25) is 4.79 Å². The average molecular weight is 209 g/mol. The second kappa shape index (κ2) is 4.02. The lowest BCUT2D eigenvalue weighted by Gasteiger charge is -2.15. The van der Waals surface area contributed by atoms with E-state index in [1.54, 1.807) is 0 Å². The number of nitrogen functional groups attached to an aromatic ring is 1. The summed E-state index contributed by atoms with van der Waals surface area (Å²) in [5, 5.41) is 0. The highest BCUT2D eigenvalue weighted by atomic mass is 16.5. The molecule has 0 aromatic carbocycles. The molecule has 0 bridgehead atoms. The third kappa shape index (κ3) is 2.36. The van der Waals surface area contributed by atoms with Crippen LogP contribution in [0.4, 0.5) is 5.82 Å². The third-order valence-electron chi connectivity index (χ3n) is 2.45. The van der Waals surface area contributed by atoms with E-state index in [0.29, 0.717) is 18.3 Å². The van der Waals surface area contributed by atoms with E-state index < -0.39 is 0 Å². The van der Waals surface area contributed by atoms with Gasteiger partial charge in [0.15, 0.2) is 0 Å². The van der Waals surface area contributed by atoms with Crippen LogP contribution in [0.5, 0.6) is 0 Å². The molecular formula is C10H15N3O2. The molecule has 0 amide bonds. The fourth-order valence-corrected chi connectivity index (χ4v) is 1.65. The van der Waals surface area contributed by atoms with Crippen molar-refractivity contribution in [3.8, 4) is 0 Å². The Morgan fingerprint density at radius 1 is 1.73 bits per heavy atom. The van der Waals surface area contributed by atoms with Crippen LogP contribution in [0.15, 0.2) is 10.9 Å². The Morgan fingerprint density at radius 2 is 2.47 bits per heavy atom. The first-order chi connectivity index (χ1) is 7.20. The van der Waals surface area contributed by atoms with Crippen molar-refractivity contribution in [2.75, 3.05) is 12.3 Å². The Hall–Kier alpha value is -1.36. The zero-order chi connectivity index (χ0) is 10.8. The molecule has 3 N–H and O–H groups in total. The van der Waals surface area contributed by atoms with Crippen LogP contribution in [0, 0.1) is 5.92 Å². The molecule has 5 heteroatoms. The zero-order valence-electron chi connectivity index (χ0n) is 8.69. The van der Waals surface area contributed by atoms with Gasteiger partial charge in [0.2, 0.25) is 0 Å². The van der Waals surface area contributed by atoms with Crippen molar-refractivity contribution in [2.24, 2.45) is 5.92 Å². The normalized spacial score (nSPS) is 17.7. The van der Waals surface area contributed by atoms with Crippen LogP contribution in [0.2, 0.25) is 0 Å². The Morgan fingerprint density at radius 3 is 3.00 bits per heavy atom. The van der Waals surface area contributed by atoms with Crippen molar-refractivity contribution in [2.45, 2.75) is 25.9 Å². The fourth-order valence-electron chi connectivity index (χ4n) is 1.65. The van der Waals surface area contributed by atoms with E-state index in [2.05, 4.69) is 9.97 Å². The minimum Gasteiger partial charge on any atom is -0.383 e. The van der Waals surface area contributed by atoms with Crippen LogP contribution >= 0.6 is 0 Å². The summed E-state index contributed by atoms with van der Waals surface area (Å²) in [5.74, 6) is 1.29. The van der Waals surface area contributed by atoms with Crippen molar-refractivity contribution in [3.63, 3.8) is 0 Å². The van der Waals surface area contributed by atoms with E-state index in [-0.39, 0.29) is 17.5 Å². The van der Waals surface area contributed by atoms with E-state index in [1.807, 2.05) is 6.92 Å². The van der Waals surface area contributed by atoms with Gasteiger partial charge in [0, 0.05) is 12.7 Å². The minimum absolute atomic E-state index is 0.105. The van der Waals surface area contributed by atoms with Gasteiger partial charge in [0.1, 0.15) is 17.7 Å². The van der Waals surface area contributed by atoms with Gasteiger partial charge in [-0.25, -0.2) is 4.98 Å².